The summed E-state index contributed by atoms with van der Waals surface area (Å²) in [6.07, 6.45) is -4.70. The van der Waals surface area contributed by atoms with E-state index in [1.54, 1.807) is 0 Å². The highest BCUT2D eigenvalue weighted by Crippen LogP contribution is 2.32. The molecule has 2 rings (SSSR count). The van der Waals surface area contributed by atoms with Crippen LogP contribution in [0.2, 0.25) is 0 Å². The number of alkyl halides is 3. The van der Waals surface area contributed by atoms with Crippen molar-refractivity contribution in [2.24, 2.45) is 0 Å². The molecule has 0 aromatic heterocycles. The van der Waals surface area contributed by atoms with E-state index in [-0.39, 0.29) is 18.0 Å². The van der Waals surface area contributed by atoms with Crippen LogP contribution in [-0.2, 0) is 16.2 Å². The first-order chi connectivity index (χ1) is 11.6. The van der Waals surface area contributed by atoms with E-state index in [9.17, 15) is 26.0 Å². The molecule has 5 nitrogen and oxygen atoms in total. The van der Waals surface area contributed by atoms with Gasteiger partial charge in [-0.25, -0.2) is 12.8 Å². The van der Waals surface area contributed by atoms with Crippen LogP contribution in [-0.4, -0.2) is 26.7 Å². The van der Waals surface area contributed by atoms with E-state index in [0.717, 1.165) is 36.4 Å². The molecular weight excluding hydrogens is 366 g/mol. The fraction of sp³-hybridized carbons (Fsp3) is 0.200. The van der Waals surface area contributed by atoms with Crippen molar-refractivity contribution >= 4 is 15.7 Å². The molecule has 136 valence electrons. The zero-order valence-corrected chi connectivity index (χ0v) is 13.4. The zero-order chi connectivity index (χ0) is 18.7. The average molecular weight is 379 g/mol. The molecule has 0 saturated heterocycles. The van der Waals surface area contributed by atoms with Gasteiger partial charge in [0.05, 0.1) is 22.8 Å². The van der Waals surface area contributed by atoms with E-state index in [1.165, 1.54) is 0 Å². The van der Waals surface area contributed by atoms with Crippen LogP contribution in [0.1, 0.15) is 5.56 Å². The molecule has 2 aromatic carbocycles. The molecule has 2 aromatic rings. The second-order valence-electron chi connectivity index (χ2n) is 4.84. The highest BCUT2D eigenvalue weighted by atomic mass is 32.2. The lowest BCUT2D eigenvalue weighted by molar-refractivity contribution is -0.137. The van der Waals surface area contributed by atoms with Gasteiger partial charge in [0.2, 0.25) is 0 Å². The lowest BCUT2D eigenvalue weighted by Gasteiger charge is -2.14. The average Bonchev–Trinajstić information content (AvgIpc) is 2.54. The van der Waals surface area contributed by atoms with E-state index in [4.69, 9.17) is 9.84 Å². The van der Waals surface area contributed by atoms with E-state index in [0.29, 0.717) is 6.07 Å². The minimum absolute atomic E-state index is 0.174. The Hall–Kier alpha value is -2.33. The Labute approximate surface area is 140 Å². The molecule has 0 saturated carbocycles. The van der Waals surface area contributed by atoms with E-state index >= 15 is 0 Å². The van der Waals surface area contributed by atoms with Gasteiger partial charge in [-0.05, 0) is 30.3 Å². The maximum atomic E-state index is 13.3. The van der Waals surface area contributed by atoms with Crippen LogP contribution in [0.4, 0.5) is 23.2 Å². The number of aliphatic hydroxyl groups excluding tert-OH is 1. The molecule has 0 aliphatic heterocycles. The summed E-state index contributed by atoms with van der Waals surface area (Å²) in [5, 5.41) is 8.74. The molecule has 0 aliphatic rings. The van der Waals surface area contributed by atoms with Crippen molar-refractivity contribution < 1.29 is 35.8 Å². The monoisotopic (exact) mass is 379 g/mol. The van der Waals surface area contributed by atoms with Crippen LogP contribution < -0.4 is 9.46 Å². The fourth-order valence-corrected chi connectivity index (χ4v) is 3.01. The summed E-state index contributed by atoms with van der Waals surface area (Å²) in [7, 11) is -4.37. The molecule has 10 heteroatoms. The maximum Gasteiger partial charge on any atom is 0.416 e. The van der Waals surface area contributed by atoms with Gasteiger partial charge in [0, 0.05) is 6.07 Å². The van der Waals surface area contributed by atoms with Gasteiger partial charge in [-0.2, -0.15) is 13.2 Å². The van der Waals surface area contributed by atoms with Gasteiger partial charge in [-0.1, -0.05) is 6.07 Å². The Balaban J connectivity index is 2.36. The second kappa shape index (κ2) is 7.28. The summed E-state index contributed by atoms with van der Waals surface area (Å²) in [6, 6.07) is 6.09. The lowest BCUT2D eigenvalue weighted by Crippen LogP contribution is -2.16. The van der Waals surface area contributed by atoms with E-state index < -0.39 is 39.1 Å². The molecule has 25 heavy (non-hydrogen) atoms. The summed E-state index contributed by atoms with van der Waals surface area (Å²) in [5.41, 5.74) is -1.29. The quantitative estimate of drug-likeness (QED) is 0.757. The minimum Gasteiger partial charge on any atom is -0.489 e. The van der Waals surface area contributed by atoms with Gasteiger partial charge >= 0.3 is 6.18 Å². The van der Waals surface area contributed by atoms with Crippen LogP contribution >= 0.6 is 0 Å². The summed E-state index contributed by atoms with van der Waals surface area (Å²) >= 11 is 0. The van der Waals surface area contributed by atoms with Crippen LogP contribution in [0.15, 0.2) is 47.4 Å². The van der Waals surface area contributed by atoms with Gasteiger partial charge in [0.1, 0.15) is 18.2 Å². The predicted molar refractivity (Wildman–Crippen MR) is 81.2 cm³/mol. The summed E-state index contributed by atoms with van der Waals surface area (Å²) < 4.78 is 83.2. The number of benzene rings is 2. The van der Waals surface area contributed by atoms with Gasteiger partial charge in [-0.15, -0.1) is 0 Å². The molecule has 0 unspecified atom stereocenters. The normalized spacial score (nSPS) is 12.0. The van der Waals surface area contributed by atoms with Crippen molar-refractivity contribution in [2.45, 2.75) is 11.1 Å². The molecule has 0 radical (unpaired) electrons. The number of hydrogen-bond donors (Lipinski definition) is 2. The van der Waals surface area contributed by atoms with E-state index in [2.05, 4.69) is 0 Å². The molecule has 0 fully saturated rings. The maximum absolute atomic E-state index is 13.3. The minimum atomic E-state index is -4.70. The highest BCUT2D eigenvalue weighted by Gasteiger charge is 2.31. The Morgan fingerprint density at radius 1 is 1.12 bits per heavy atom. The molecule has 0 spiro atoms. The third-order valence-electron chi connectivity index (χ3n) is 3.01. The molecule has 2 N–H and O–H groups in total. The molecule has 0 aliphatic carbocycles. The highest BCUT2D eigenvalue weighted by molar-refractivity contribution is 7.92. The van der Waals surface area contributed by atoms with Crippen molar-refractivity contribution in [1.29, 1.82) is 0 Å². The van der Waals surface area contributed by atoms with Crippen molar-refractivity contribution in [3.8, 4) is 5.75 Å². The van der Waals surface area contributed by atoms with Gasteiger partial charge < -0.3 is 9.84 Å². The SMILES string of the molecule is O=S(=O)(Nc1ccc(F)cc1OCCO)c1cccc(C(F)(F)F)c1. The zero-order valence-electron chi connectivity index (χ0n) is 12.5. The Morgan fingerprint density at radius 2 is 1.84 bits per heavy atom. The number of rotatable bonds is 6. The summed E-state index contributed by atoms with van der Waals surface area (Å²) in [6.45, 7) is -0.613. The molecule has 0 amide bonds. The number of hydrogen-bond acceptors (Lipinski definition) is 4. The molecule has 0 bridgehead atoms. The van der Waals surface area contributed by atoms with Crippen LogP contribution in [0, 0.1) is 5.82 Å². The number of anilines is 1. The second-order valence-corrected chi connectivity index (χ2v) is 6.53. The standard InChI is InChI=1S/C15H13F4NO4S/c16-11-4-5-13(14(9-11)24-7-6-21)20-25(22,23)12-3-1-2-10(8-12)15(17,18)19/h1-5,8-9,20-21H,6-7H2. The lowest BCUT2D eigenvalue weighted by atomic mass is 10.2. The Morgan fingerprint density at radius 3 is 2.48 bits per heavy atom. The first-order valence-electron chi connectivity index (χ1n) is 6.87. The number of aliphatic hydroxyl groups is 1. The van der Waals surface area contributed by atoms with Crippen molar-refractivity contribution in [2.75, 3.05) is 17.9 Å². The Kier molecular flexibility index (Phi) is 5.53. The number of sulfonamides is 1. The smallest absolute Gasteiger partial charge is 0.416 e. The number of nitrogens with one attached hydrogen (secondary N) is 1. The molecule has 0 atom stereocenters. The van der Waals surface area contributed by atoms with Crippen molar-refractivity contribution in [3.63, 3.8) is 0 Å². The topological polar surface area (TPSA) is 75.6 Å². The van der Waals surface area contributed by atoms with Crippen molar-refractivity contribution in [1.82, 2.24) is 0 Å². The van der Waals surface area contributed by atoms with Crippen LogP contribution in [0.3, 0.4) is 0 Å². The van der Waals surface area contributed by atoms with Crippen LogP contribution in [0.25, 0.3) is 0 Å². The predicted octanol–water partition coefficient (Wildman–Crippen LogP) is 3.02. The number of halogens is 4. The first-order valence-corrected chi connectivity index (χ1v) is 8.35. The third kappa shape index (κ3) is 4.83. The first kappa shape index (κ1) is 19.0. The van der Waals surface area contributed by atoms with Crippen molar-refractivity contribution in [3.05, 3.63) is 53.8 Å². The summed E-state index contributed by atoms with van der Waals surface area (Å²) in [5.74, 6) is -0.917. The fourth-order valence-electron chi connectivity index (χ4n) is 1.90. The largest absolute Gasteiger partial charge is 0.489 e. The molecule has 0 heterocycles. The Bertz CT molecular complexity index is 853. The van der Waals surface area contributed by atoms with E-state index in [1.807, 2.05) is 4.72 Å². The summed E-state index contributed by atoms with van der Waals surface area (Å²) in [4.78, 5) is -0.611. The number of ether oxygens (including phenoxy) is 1. The van der Waals surface area contributed by atoms with Gasteiger partial charge in [0.25, 0.3) is 10.0 Å². The molecular formula is C15H13F4NO4S. The van der Waals surface area contributed by atoms with Gasteiger partial charge in [-0.3, -0.25) is 4.72 Å². The van der Waals surface area contributed by atoms with Gasteiger partial charge in [0.15, 0.2) is 0 Å². The third-order valence-corrected chi connectivity index (χ3v) is 4.37. The van der Waals surface area contributed by atoms with Crippen LogP contribution in [0.5, 0.6) is 5.75 Å².